The molecular weight excluding hydrogens is 274 g/mol. The van der Waals surface area contributed by atoms with Gasteiger partial charge in [-0.05, 0) is 24.6 Å². The maximum atomic E-state index is 12.1. The molecule has 2 heterocycles. The van der Waals surface area contributed by atoms with Crippen LogP contribution in [0, 0.1) is 0 Å². The number of nitrogens with zero attached hydrogens (tertiary/aromatic N) is 3. The topological polar surface area (TPSA) is 72.8 Å². The minimum absolute atomic E-state index is 0.0946. The van der Waals surface area contributed by atoms with Crippen LogP contribution in [-0.2, 0) is 9.84 Å². The molecule has 0 saturated heterocycles. The average molecular weight is 291 g/mol. The third kappa shape index (κ3) is 3.60. The first-order valence-corrected chi connectivity index (χ1v) is 8.25. The fraction of sp³-hybridized carbons (Fsp3) is 0.357. The first-order chi connectivity index (χ1) is 9.63. The van der Waals surface area contributed by atoms with E-state index in [2.05, 4.69) is 15.0 Å². The monoisotopic (exact) mass is 291 g/mol. The fourth-order valence-electron chi connectivity index (χ4n) is 1.80. The molecule has 2 aromatic heterocycles. The largest absolute Gasteiger partial charge is 0.264 e. The fourth-order valence-corrected chi connectivity index (χ4v) is 3.02. The summed E-state index contributed by atoms with van der Waals surface area (Å²) >= 11 is 0. The summed E-state index contributed by atoms with van der Waals surface area (Å²) in [4.78, 5) is 12.1. The minimum Gasteiger partial charge on any atom is -0.264 e. The van der Waals surface area contributed by atoms with Gasteiger partial charge in [0.05, 0.1) is 11.4 Å². The van der Waals surface area contributed by atoms with Crippen LogP contribution in [-0.4, -0.2) is 29.1 Å². The quantitative estimate of drug-likeness (QED) is 0.604. The molecule has 0 aliphatic rings. The lowest BCUT2D eigenvalue weighted by atomic mass is 10.2. The molecule has 106 valence electrons. The highest BCUT2D eigenvalue weighted by atomic mass is 32.2. The highest BCUT2D eigenvalue weighted by Gasteiger charge is 2.18. The third-order valence-corrected chi connectivity index (χ3v) is 4.46. The van der Waals surface area contributed by atoms with Crippen molar-refractivity contribution in [2.45, 2.75) is 31.3 Å². The summed E-state index contributed by atoms with van der Waals surface area (Å²) in [5, 5.41) is -0.102. The van der Waals surface area contributed by atoms with Gasteiger partial charge in [-0.1, -0.05) is 19.8 Å². The van der Waals surface area contributed by atoms with Crippen molar-refractivity contribution in [1.29, 1.82) is 0 Å². The molecule has 0 bridgehead atoms. The van der Waals surface area contributed by atoms with Crippen LogP contribution in [0.4, 0.5) is 0 Å². The Hall–Kier alpha value is -1.82. The van der Waals surface area contributed by atoms with E-state index in [1.807, 2.05) is 13.0 Å². The number of hydrogen-bond donors (Lipinski definition) is 0. The SMILES string of the molecule is CCCCCS(=O)(=O)c1nccc(-c2cccnc2)n1. The van der Waals surface area contributed by atoms with Crippen LogP contribution in [0.15, 0.2) is 41.9 Å². The molecule has 0 aliphatic heterocycles. The van der Waals surface area contributed by atoms with Crippen molar-refractivity contribution in [2.24, 2.45) is 0 Å². The van der Waals surface area contributed by atoms with Crippen LogP contribution in [0.5, 0.6) is 0 Å². The second-order valence-corrected chi connectivity index (χ2v) is 6.50. The maximum absolute atomic E-state index is 12.1. The van der Waals surface area contributed by atoms with E-state index in [0.717, 1.165) is 18.4 Å². The predicted octanol–water partition coefficient (Wildman–Crippen LogP) is 2.50. The second-order valence-electron chi connectivity index (χ2n) is 4.49. The first kappa shape index (κ1) is 14.6. The Balaban J connectivity index is 2.26. The summed E-state index contributed by atoms with van der Waals surface area (Å²) in [5.74, 6) is 0.0946. The summed E-state index contributed by atoms with van der Waals surface area (Å²) in [5.41, 5.74) is 1.35. The molecule has 0 aromatic carbocycles. The standard InChI is InChI=1S/C14H17N3O2S/c1-2-3-4-10-20(18,19)14-16-9-7-13(17-14)12-6-5-8-15-11-12/h5-9,11H,2-4,10H2,1H3. The Morgan fingerprint density at radius 3 is 2.70 bits per heavy atom. The van der Waals surface area contributed by atoms with Crippen molar-refractivity contribution in [3.05, 3.63) is 36.8 Å². The maximum Gasteiger partial charge on any atom is 0.247 e. The van der Waals surface area contributed by atoms with Crippen molar-refractivity contribution >= 4 is 9.84 Å². The molecule has 5 nitrogen and oxygen atoms in total. The first-order valence-electron chi connectivity index (χ1n) is 6.59. The van der Waals surface area contributed by atoms with Crippen molar-refractivity contribution in [2.75, 3.05) is 5.75 Å². The highest BCUT2D eigenvalue weighted by molar-refractivity contribution is 7.91. The van der Waals surface area contributed by atoms with E-state index in [1.54, 1.807) is 24.5 Å². The lowest BCUT2D eigenvalue weighted by Gasteiger charge is -2.04. The van der Waals surface area contributed by atoms with E-state index in [0.29, 0.717) is 12.1 Å². The second kappa shape index (κ2) is 6.56. The molecule has 0 atom stereocenters. The average Bonchev–Trinajstić information content (AvgIpc) is 2.48. The van der Waals surface area contributed by atoms with Gasteiger partial charge in [0.25, 0.3) is 0 Å². The van der Waals surface area contributed by atoms with Crippen molar-refractivity contribution < 1.29 is 8.42 Å². The number of rotatable bonds is 6. The Morgan fingerprint density at radius 1 is 1.15 bits per heavy atom. The molecule has 20 heavy (non-hydrogen) atoms. The lowest BCUT2D eigenvalue weighted by Crippen LogP contribution is -2.11. The van der Waals surface area contributed by atoms with Gasteiger partial charge in [-0.15, -0.1) is 0 Å². The van der Waals surface area contributed by atoms with Gasteiger partial charge in [-0.3, -0.25) is 4.98 Å². The number of unbranched alkanes of at least 4 members (excludes halogenated alkanes) is 2. The zero-order valence-corrected chi connectivity index (χ0v) is 12.2. The van der Waals surface area contributed by atoms with Gasteiger partial charge in [0.1, 0.15) is 0 Å². The van der Waals surface area contributed by atoms with Crippen LogP contribution in [0.25, 0.3) is 11.3 Å². The van der Waals surface area contributed by atoms with E-state index in [9.17, 15) is 8.42 Å². The Morgan fingerprint density at radius 2 is 2.00 bits per heavy atom. The summed E-state index contributed by atoms with van der Waals surface area (Å²) in [6, 6.07) is 5.30. The van der Waals surface area contributed by atoms with E-state index in [1.165, 1.54) is 6.20 Å². The Bertz CT molecular complexity index is 657. The van der Waals surface area contributed by atoms with Crippen molar-refractivity contribution in [3.8, 4) is 11.3 Å². The van der Waals surface area contributed by atoms with Gasteiger partial charge in [0, 0.05) is 24.2 Å². The summed E-state index contributed by atoms with van der Waals surface area (Å²) in [7, 11) is -3.41. The van der Waals surface area contributed by atoms with Gasteiger partial charge in [-0.2, -0.15) is 0 Å². The normalized spacial score (nSPS) is 11.4. The molecule has 6 heteroatoms. The predicted molar refractivity (Wildman–Crippen MR) is 76.8 cm³/mol. The van der Waals surface area contributed by atoms with E-state index in [4.69, 9.17) is 0 Å². The van der Waals surface area contributed by atoms with E-state index < -0.39 is 9.84 Å². The molecular formula is C14H17N3O2S. The van der Waals surface area contributed by atoms with Gasteiger partial charge >= 0.3 is 0 Å². The number of hydrogen-bond acceptors (Lipinski definition) is 5. The molecule has 0 saturated carbocycles. The Kier molecular flexibility index (Phi) is 4.79. The zero-order valence-electron chi connectivity index (χ0n) is 11.4. The lowest BCUT2D eigenvalue weighted by molar-refractivity contribution is 0.582. The van der Waals surface area contributed by atoms with E-state index in [-0.39, 0.29) is 10.9 Å². The summed E-state index contributed by atoms with van der Waals surface area (Å²) in [6.45, 7) is 2.03. The minimum atomic E-state index is -3.41. The number of pyridine rings is 1. The summed E-state index contributed by atoms with van der Waals surface area (Å²) < 4.78 is 24.3. The molecule has 0 aliphatic carbocycles. The van der Waals surface area contributed by atoms with Gasteiger partial charge in [0.2, 0.25) is 15.0 Å². The van der Waals surface area contributed by atoms with Crippen LogP contribution < -0.4 is 0 Å². The molecule has 2 aromatic rings. The van der Waals surface area contributed by atoms with Gasteiger partial charge < -0.3 is 0 Å². The molecule has 0 fully saturated rings. The molecule has 0 N–H and O–H groups in total. The molecule has 0 unspecified atom stereocenters. The van der Waals surface area contributed by atoms with Crippen LogP contribution in [0.1, 0.15) is 26.2 Å². The third-order valence-electron chi connectivity index (χ3n) is 2.89. The van der Waals surface area contributed by atoms with Gasteiger partial charge in [-0.25, -0.2) is 18.4 Å². The molecule has 0 spiro atoms. The smallest absolute Gasteiger partial charge is 0.247 e. The van der Waals surface area contributed by atoms with Crippen LogP contribution >= 0.6 is 0 Å². The van der Waals surface area contributed by atoms with Crippen LogP contribution in [0.3, 0.4) is 0 Å². The molecule has 0 radical (unpaired) electrons. The molecule has 2 rings (SSSR count). The van der Waals surface area contributed by atoms with Crippen LogP contribution in [0.2, 0.25) is 0 Å². The van der Waals surface area contributed by atoms with Crippen molar-refractivity contribution in [1.82, 2.24) is 15.0 Å². The number of sulfone groups is 1. The summed E-state index contributed by atoms with van der Waals surface area (Å²) in [6.07, 6.45) is 7.29. The Labute approximate surface area is 119 Å². The van der Waals surface area contributed by atoms with E-state index >= 15 is 0 Å². The zero-order chi connectivity index (χ0) is 14.4. The van der Waals surface area contributed by atoms with Gasteiger partial charge in [0.15, 0.2) is 0 Å². The number of aromatic nitrogens is 3. The molecule has 0 amide bonds. The van der Waals surface area contributed by atoms with Crippen molar-refractivity contribution in [3.63, 3.8) is 0 Å². The highest BCUT2D eigenvalue weighted by Crippen LogP contribution is 2.17.